The van der Waals surface area contributed by atoms with Crippen molar-refractivity contribution in [3.8, 4) is 0 Å². The van der Waals surface area contributed by atoms with E-state index in [1.54, 1.807) is 6.92 Å². The van der Waals surface area contributed by atoms with Gasteiger partial charge in [0.15, 0.2) is 0 Å². The van der Waals surface area contributed by atoms with Crippen LogP contribution in [0.3, 0.4) is 0 Å². The van der Waals surface area contributed by atoms with Crippen LogP contribution in [0.1, 0.15) is 26.7 Å². The maximum atomic E-state index is 11.4. The lowest BCUT2D eigenvalue weighted by atomic mass is 9.88. The van der Waals surface area contributed by atoms with Crippen LogP contribution in [-0.2, 0) is 4.79 Å². The maximum absolute atomic E-state index is 11.4. The second kappa shape index (κ2) is 5.55. The SMILES string of the molecule is CC(=O)N1CCCN(C2CNCCC2(C)O)CC1. The van der Waals surface area contributed by atoms with Crippen LogP contribution in [0.15, 0.2) is 0 Å². The van der Waals surface area contributed by atoms with E-state index in [4.69, 9.17) is 0 Å². The van der Waals surface area contributed by atoms with E-state index in [0.29, 0.717) is 0 Å². The molecule has 2 fully saturated rings. The summed E-state index contributed by atoms with van der Waals surface area (Å²) in [6.45, 7) is 8.74. The van der Waals surface area contributed by atoms with Crippen molar-refractivity contribution in [3.63, 3.8) is 0 Å². The first-order chi connectivity index (χ1) is 8.50. The number of nitrogens with one attached hydrogen (secondary N) is 1. The number of piperidine rings is 1. The molecule has 0 saturated carbocycles. The van der Waals surface area contributed by atoms with Gasteiger partial charge in [-0.15, -0.1) is 0 Å². The molecule has 5 nitrogen and oxygen atoms in total. The summed E-state index contributed by atoms with van der Waals surface area (Å²) < 4.78 is 0. The van der Waals surface area contributed by atoms with E-state index < -0.39 is 5.60 Å². The summed E-state index contributed by atoms with van der Waals surface area (Å²) in [7, 11) is 0. The number of rotatable bonds is 1. The lowest BCUT2D eigenvalue weighted by Crippen LogP contribution is -2.60. The number of aliphatic hydroxyl groups is 1. The summed E-state index contributed by atoms with van der Waals surface area (Å²) in [4.78, 5) is 15.7. The van der Waals surface area contributed by atoms with Gasteiger partial charge in [-0.1, -0.05) is 0 Å². The minimum absolute atomic E-state index is 0.158. The number of amides is 1. The maximum Gasteiger partial charge on any atom is 0.219 e. The fourth-order valence-electron chi connectivity index (χ4n) is 3.05. The Labute approximate surface area is 109 Å². The second-order valence-electron chi connectivity index (χ2n) is 5.72. The molecule has 18 heavy (non-hydrogen) atoms. The van der Waals surface area contributed by atoms with Crippen LogP contribution in [0.4, 0.5) is 0 Å². The number of hydrogen-bond donors (Lipinski definition) is 2. The summed E-state index contributed by atoms with van der Waals surface area (Å²) in [5, 5.41) is 13.9. The van der Waals surface area contributed by atoms with E-state index in [0.717, 1.165) is 52.1 Å². The predicted molar refractivity (Wildman–Crippen MR) is 70.3 cm³/mol. The second-order valence-corrected chi connectivity index (χ2v) is 5.72. The van der Waals surface area contributed by atoms with Crippen LogP contribution in [0.25, 0.3) is 0 Å². The first-order valence-electron chi connectivity index (χ1n) is 6.93. The van der Waals surface area contributed by atoms with Gasteiger partial charge >= 0.3 is 0 Å². The van der Waals surface area contributed by atoms with Crippen molar-refractivity contribution < 1.29 is 9.90 Å². The summed E-state index contributed by atoms with van der Waals surface area (Å²) in [5.74, 6) is 0.158. The Morgan fingerprint density at radius 3 is 2.78 bits per heavy atom. The smallest absolute Gasteiger partial charge is 0.219 e. The van der Waals surface area contributed by atoms with Crippen LogP contribution in [0.5, 0.6) is 0 Å². The molecule has 0 aromatic rings. The van der Waals surface area contributed by atoms with E-state index in [1.807, 2.05) is 11.8 Å². The van der Waals surface area contributed by atoms with Crippen molar-refractivity contribution in [2.24, 2.45) is 0 Å². The fourth-order valence-corrected chi connectivity index (χ4v) is 3.05. The van der Waals surface area contributed by atoms with Gasteiger partial charge in [-0.2, -0.15) is 0 Å². The molecule has 2 aliphatic rings. The molecule has 0 aliphatic carbocycles. The van der Waals surface area contributed by atoms with Gasteiger partial charge in [0.05, 0.1) is 11.6 Å². The zero-order chi connectivity index (χ0) is 13.2. The van der Waals surface area contributed by atoms with Crippen LogP contribution in [0, 0.1) is 0 Å². The Bertz CT molecular complexity index is 307. The largest absolute Gasteiger partial charge is 0.388 e. The molecule has 2 atom stereocenters. The molecule has 0 aromatic carbocycles. The third kappa shape index (κ3) is 3.02. The molecule has 0 radical (unpaired) electrons. The average molecular weight is 255 g/mol. The zero-order valence-corrected chi connectivity index (χ0v) is 11.5. The molecule has 0 bridgehead atoms. The molecular formula is C13H25N3O2. The van der Waals surface area contributed by atoms with E-state index in [9.17, 15) is 9.90 Å². The third-order valence-electron chi connectivity index (χ3n) is 4.28. The van der Waals surface area contributed by atoms with Crippen LogP contribution in [-0.4, -0.2) is 71.7 Å². The average Bonchev–Trinajstić information content (AvgIpc) is 2.54. The summed E-state index contributed by atoms with van der Waals surface area (Å²) in [6.07, 6.45) is 1.79. The van der Waals surface area contributed by atoms with E-state index in [2.05, 4.69) is 10.2 Å². The third-order valence-corrected chi connectivity index (χ3v) is 4.28. The van der Waals surface area contributed by atoms with Gasteiger partial charge in [0.2, 0.25) is 5.91 Å². The highest BCUT2D eigenvalue weighted by atomic mass is 16.3. The molecule has 2 heterocycles. The van der Waals surface area contributed by atoms with Crippen molar-refractivity contribution >= 4 is 5.91 Å². The number of hydrogen-bond acceptors (Lipinski definition) is 4. The molecule has 2 aliphatic heterocycles. The summed E-state index contributed by atoms with van der Waals surface area (Å²) in [6, 6.07) is 0.165. The van der Waals surface area contributed by atoms with Gasteiger partial charge in [-0.3, -0.25) is 9.69 Å². The molecule has 0 aromatic heterocycles. The number of nitrogens with zero attached hydrogens (tertiary/aromatic N) is 2. The van der Waals surface area contributed by atoms with Gasteiger partial charge < -0.3 is 15.3 Å². The monoisotopic (exact) mass is 255 g/mol. The normalized spacial score (nSPS) is 35.3. The standard InChI is InChI=1S/C13H25N3O2/c1-11(17)15-6-3-7-16(9-8-15)12-10-14-5-4-13(12,2)18/h12,14,18H,3-10H2,1-2H3. The lowest BCUT2D eigenvalue weighted by Gasteiger charge is -2.44. The molecule has 2 rings (SSSR count). The quantitative estimate of drug-likeness (QED) is 0.673. The number of carbonyl (C=O) groups is 1. The summed E-state index contributed by atoms with van der Waals surface area (Å²) in [5.41, 5.74) is -0.614. The lowest BCUT2D eigenvalue weighted by molar-refractivity contribution is -0.128. The molecule has 5 heteroatoms. The minimum Gasteiger partial charge on any atom is -0.388 e. The number of carbonyl (C=O) groups excluding carboxylic acids is 1. The Hall–Kier alpha value is -0.650. The van der Waals surface area contributed by atoms with Crippen LogP contribution < -0.4 is 5.32 Å². The Morgan fingerprint density at radius 1 is 1.33 bits per heavy atom. The van der Waals surface area contributed by atoms with Crippen LogP contribution >= 0.6 is 0 Å². The van der Waals surface area contributed by atoms with E-state index >= 15 is 0 Å². The highest BCUT2D eigenvalue weighted by molar-refractivity contribution is 5.73. The van der Waals surface area contributed by atoms with Crippen molar-refractivity contribution in [2.75, 3.05) is 39.3 Å². The zero-order valence-electron chi connectivity index (χ0n) is 11.5. The Morgan fingerprint density at radius 2 is 2.11 bits per heavy atom. The fraction of sp³-hybridized carbons (Fsp3) is 0.923. The Balaban J connectivity index is 1.98. The van der Waals surface area contributed by atoms with Gasteiger partial charge in [0, 0.05) is 39.6 Å². The summed E-state index contributed by atoms with van der Waals surface area (Å²) >= 11 is 0. The van der Waals surface area contributed by atoms with Gasteiger partial charge in [-0.25, -0.2) is 0 Å². The molecular weight excluding hydrogens is 230 g/mol. The van der Waals surface area contributed by atoms with Gasteiger partial charge in [0.25, 0.3) is 0 Å². The first-order valence-corrected chi connectivity index (χ1v) is 6.93. The Kier molecular flexibility index (Phi) is 4.25. The highest BCUT2D eigenvalue weighted by Crippen LogP contribution is 2.23. The molecule has 2 N–H and O–H groups in total. The highest BCUT2D eigenvalue weighted by Gasteiger charge is 2.38. The van der Waals surface area contributed by atoms with Gasteiger partial charge in [-0.05, 0) is 26.3 Å². The first kappa shape index (κ1) is 13.8. The van der Waals surface area contributed by atoms with Gasteiger partial charge in [0.1, 0.15) is 0 Å². The minimum atomic E-state index is -0.614. The molecule has 0 spiro atoms. The van der Waals surface area contributed by atoms with Crippen molar-refractivity contribution in [3.05, 3.63) is 0 Å². The van der Waals surface area contributed by atoms with E-state index in [1.165, 1.54) is 0 Å². The molecule has 1 amide bonds. The van der Waals surface area contributed by atoms with Crippen molar-refractivity contribution in [1.29, 1.82) is 0 Å². The van der Waals surface area contributed by atoms with E-state index in [-0.39, 0.29) is 11.9 Å². The molecule has 104 valence electrons. The van der Waals surface area contributed by atoms with Crippen molar-refractivity contribution in [2.45, 2.75) is 38.3 Å². The van der Waals surface area contributed by atoms with Crippen molar-refractivity contribution in [1.82, 2.24) is 15.1 Å². The topological polar surface area (TPSA) is 55.8 Å². The predicted octanol–water partition coefficient (Wildman–Crippen LogP) is -0.346. The molecule has 2 unspecified atom stereocenters. The molecule has 2 saturated heterocycles. The van der Waals surface area contributed by atoms with Crippen LogP contribution in [0.2, 0.25) is 0 Å².